The number of alkyl carbamates (subject to hydrolysis) is 1. The number of likely N-dealkylation sites (tertiary alicyclic amines) is 1. The standard InChI is InChI=1S/C33H37F3N6O5/c1-42-13-12-28(32(42)44)41-33(45)47-19-24-18-46-25(15-38-24)10-11-26-27(36)16-37-17-30(26)40-29(14-20-2-4-21(34)5-3-20)31(43)39-23-8-6-22(35)7-9-23/h2-9,16-17,24-25,28-29,38,40H,10-15,18-19H2,1H3,(H,39,43)(H,41,45)/t24-,25+,28?,29-/m0/s1. The SMILES string of the molecule is CN1CCC(NC(=O)OC[C@@H]2CO[C@H](CCc3c(F)cncc3N[C@@H](Cc3ccc(F)cc3)C(=O)Nc3ccc(F)cc3)CN2)C1=O. The molecule has 4 N–H and O–H groups in total. The first-order chi connectivity index (χ1) is 22.6. The molecule has 1 unspecified atom stereocenters. The van der Waals surface area contributed by atoms with Gasteiger partial charge >= 0.3 is 6.09 Å². The molecule has 3 heterocycles. The molecular weight excluding hydrogens is 617 g/mol. The van der Waals surface area contributed by atoms with Crippen LogP contribution in [0.5, 0.6) is 0 Å². The number of ether oxygens (including phenoxy) is 2. The first-order valence-electron chi connectivity index (χ1n) is 15.4. The molecule has 0 aliphatic carbocycles. The van der Waals surface area contributed by atoms with Crippen LogP contribution in [0.4, 0.5) is 29.3 Å². The molecule has 0 radical (unpaired) electrons. The minimum absolute atomic E-state index is 0.0534. The van der Waals surface area contributed by atoms with Crippen LogP contribution < -0.4 is 21.3 Å². The van der Waals surface area contributed by atoms with Gasteiger partial charge in [0, 0.05) is 37.8 Å². The van der Waals surface area contributed by atoms with Gasteiger partial charge in [-0.15, -0.1) is 0 Å². The van der Waals surface area contributed by atoms with Crippen LogP contribution in [-0.4, -0.2) is 85.4 Å². The van der Waals surface area contributed by atoms with Crippen LogP contribution in [0.3, 0.4) is 0 Å². The van der Waals surface area contributed by atoms with E-state index in [-0.39, 0.29) is 44.1 Å². The summed E-state index contributed by atoms with van der Waals surface area (Å²) in [6.07, 6.45) is 3.00. The van der Waals surface area contributed by atoms with E-state index in [2.05, 4.69) is 26.3 Å². The average molecular weight is 655 g/mol. The summed E-state index contributed by atoms with van der Waals surface area (Å²) < 4.78 is 53.3. The first kappa shape index (κ1) is 33.7. The Morgan fingerprint density at radius 1 is 1.09 bits per heavy atom. The molecule has 11 nitrogen and oxygen atoms in total. The molecule has 0 bridgehead atoms. The summed E-state index contributed by atoms with van der Waals surface area (Å²) >= 11 is 0. The number of benzene rings is 2. The number of likely N-dealkylation sites (N-methyl/N-ethyl adjacent to an activating group) is 1. The fraction of sp³-hybridized carbons (Fsp3) is 0.394. The number of rotatable bonds is 12. The minimum atomic E-state index is -0.911. The Kier molecular flexibility index (Phi) is 11.3. The molecular formula is C33H37F3N6O5. The van der Waals surface area contributed by atoms with Gasteiger partial charge < -0.3 is 35.6 Å². The van der Waals surface area contributed by atoms with Crippen LogP contribution in [0, 0.1) is 17.5 Å². The van der Waals surface area contributed by atoms with Gasteiger partial charge in [-0.25, -0.2) is 18.0 Å². The second-order valence-corrected chi connectivity index (χ2v) is 11.6. The van der Waals surface area contributed by atoms with Gasteiger partial charge in [-0.1, -0.05) is 12.1 Å². The quantitative estimate of drug-likeness (QED) is 0.234. The molecule has 47 heavy (non-hydrogen) atoms. The van der Waals surface area contributed by atoms with Gasteiger partial charge in [0.25, 0.3) is 0 Å². The number of nitrogens with zero attached hydrogens (tertiary/aromatic N) is 2. The van der Waals surface area contributed by atoms with Crippen LogP contribution in [0.25, 0.3) is 0 Å². The van der Waals surface area contributed by atoms with Crippen LogP contribution in [0.15, 0.2) is 60.9 Å². The van der Waals surface area contributed by atoms with E-state index in [4.69, 9.17) is 9.47 Å². The van der Waals surface area contributed by atoms with E-state index >= 15 is 4.39 Å². The molecule has 0 spiro atoms. The second kappa shape index (κ2) is 15.7. The summed E-state index contributed by atoms with van der Waals surface area (Å²) in [6.45, 7) is 1.33. The number of nitrogens with one attached hydrogen (secondary N) is 4. The monoisotopic (exact) mass is 654 g/mol. The topological polar surface area (TPSA) is 134 Å². The van der Waals surface area contributed by atoms with E-state index in [0.29, 0.717) is 48.4 Å². The lowest BCUT2D eigenvalue weighted by Gasteiger charge is -2.30. The lowest BCUT2D eigenvalue weighted by molar-refractivity contribution is -0.128. The zero-order valence-electron chi connectivity index (χ0n) is 25.8. The van der Waals surface area contributed by atoms with E-state index in [1.165, 1.54) is 42.6 Å². The molecule has 14 heteroatoms. The van der Waals surface area contributed by atoms with Gasteiger partial charge in [0.05, 0.1) is 36.8 Å². The summed E-state index contributed by atoms with van der Waals surface area (Å²) in [6, 6.07) is 9.27. The molecule has 2 aliphatic heterocycles. The zero-order chi connectivity index (χ0) is 33.3. The predicted octanol–water partition coefficient (Wildman–Crippen LogP) is 3.41. The molecule has 2 aromatic carbocycles. The van der Waals surface area contributed by atoms with Gasteiger partial charge in [-0.2, -0.15) is 0 Å². The maximum Gasteiger partial charge on any atom is 0.407 e. The van der Waals surface area contributed by atoms with Gasteiger partial charge in [-0.05, 0) is 61.2 Å². The Hall–Kier alpha value is -4.69. The highest BCUT2D eigenvalue weighted by atomic mass is 19.1. The molecule has 3 amide bonds. The van der Waals surface area contributed by atoms with Crippen LogP contribution in [0.2, 0.25) is 0 Å². The zero-order valence-corrected chi connectivity index (χ0v) is 25.8. The Labute approximate surface area is 270 Å². The summed E-state index contributed by atoms with van der Waals surface area (Å²) in [4.78, 5) is 43.0. The number of morpholine rings is 1. The summed E-state index contributed by atoms with van der Waals surface area (Å²) in [5.74, 6) is -2.03. The molecule has 3 aromatic rings. The average Bonchev–Trinajstić information content (AvgIpc) is 3.37. The molecule has 0 saturated carbocycles. The molecule has 5 rings (SSSR count). The maximum atomic E-state index is 15.1. The van der Waals surface area contributed by atoms with Crippen LogP contribution in [-0.2, 0) is 31.9 Å². The van der Waals surface area contributed by atoms with E-state index in [1.54, 1.807) is 24.1 Å². The smallest absolute Gasteiger partial charge is 0.407 e. The lowest BCUT2D eigenvalue weighted by atomic mass is 10.0. The predicted molar refractivity (Wildman–Crippen MR) is 167 cm³/mol. The van der Waals surface area contributed by atoms with Crippen molar-refractivity contribution in [1.82, 2.24) is 20.5 Å². The lowest BCUT2D eigenvalue weighted by Crippen LogP contribution is -2.50. The van der Waals surface area contributed by atoms with Crippen LogP contribution >= 0.6 is 0 Å². The number of halogens is 3. The number of anilines is 2. The van der Waals surface area contributed by atoms with E-state index in [0.717, 1.165) is 6.20 Å². The molecule has 4 atom stereocenters. The van der Waals surface area contributed by atoms with Crippen molar-refractivity contribution in [3.8, 4) is 0 Å². The van der Waals surface area contributed by atoms with Crippen LogP contribution in [0.1, 0.15) is 24.0 Å². The van der Waals surface area contributed by atoms with Crippen molar-refractivity contribution in [3.05, 3.63) is 89.5 Å². The Morgan fingerprint density at radius 2 is 1.81 bits per heavy atom. The highest BCUT2D eigenvalue weighted by Gasteiger charge is 2.31. The van der Waals surface area contributed by atoms with Crippen molar-refractivity contribution >= 4 is 29.3 Å². The van der Waals surface area contributed by atoms with E-state index in [9.17, 15) is 23.2 Å². The first-order valence-corrected chi connectivity index (χ1v) is 15.4. The van der Waals surface area contributed by atoms with Crippen molar-refractivity contribution < 1.29 is 37.0 Å². The fourth-order valence-electron chi connectivity index (χ4n) is 5.44. The third kappa shape index (κ3) is 9.42. The highest BCUT2D eigenvalue weighted by Crippen LogP contribution is 2.24. The molecule has 250 valence electrons. The maximum absolute atomic E-state index is 15.1. The Bertz CT molecular complexity index is 1540. The van der Waals surface area contributed by atoms with Crippen molar-refractivity contribution in [2.45, 2.75) is 49.9 Å². The van der Waals surface area contributed by atoms with E-state index in [1.807, 2.05) is 0 Å². The third-order valence-corrected chi connectivity index (χ3v) is 8.13. The highest BCUT2D eigenvalue weighted by molar-refractivity contribution is 5.96. The van der Waals surface area contributed by atoms with Gasteiger partial charge in [0.2, 0.25) is 11.8 Å². The number of aromatic nitrogens is 1. The number of pyridine rings is 1. The van der Waals surface area contributed by atoms with Gasteiger partial charge in [0.15, 0.2) is 0 Å². The molecule has 1 aromatic heterocycles. The summed E-state index contributed by atoms with van der Waals surface area (Å²) in [7, 11) is 1.68. The second-order valence-electron chi connectivity index (χ2n) is 11.6. The summed E-state index contributed by atoms with van der Waals surface area (Å²) in [5.41, 5.74) is 1.68. The fourth-order valence-corrected chi connectivity index (χ4v) is 5.44. The van der Waals surface area contributed by atoms with Crippen molar-refractivity contribution in [1.29, 1.82) is 0 Å². The number of carbonyl (C=O) groups is 3. The Morgan fingerprint density at radius 3 is 2.47 bits per heavy atom. The number of hydrogen-bond acceptors (Lipinski definition) is 8. The molecule has 2 saturated heterocycles. The van der Waals surface area contributed by atoms with Crippen molar-refractivity contribution in [2.24, 2.45) is 0 Å². The number of carbonyl (C=O) groups excluding carboxylic acids is 3. The molecule has 2 fully saturated rings. The van der Waals surface area contributed by atoms with E-state index < -0.39 is 41.5 Å². The normalized spacial score (nSPS) is 20.0. The Balaban J connectivity index is 1.16. The molecule has 2 aliphatic rings. The summed E-state index contributed by atoms with van der Waals surface area (Å²) in [5, 5.41) is 11.7. The number of amides is 3. The largest absolute Gasteiger partial charge is 0.448 e. The van der Waals surface area contributed by atoms with Crippen molar-refractivity contribution in [3.63, 3.8) is 0 Å². The number of hydrogen-bond donors (Lipinski definition) is 4. The van der Waals surface area contributed by atoms with Gasteiger partial charge in [-0.3, -0.25) is 14.6 Å². The van der Waals surface area contributed by atoms with Crippen molar-refractivity contribution in [2.75, 3.05) is 44.0 Å². The van der Waals surface area contributed by atoms with Gasteiger partial charge in [0.1, 0.15) is 36.1 Å². The minimum Gasteiger partial charge on any atom is -0.448 e. The third-order valence-electron chi connectivity index (χ3n) is 8.13.